The molecule has 1 aliphatic heterocycles. The first-order valence-corrected chi connectivity index (χ1v) is 7.82. The van der Waals surface area contributed by atoms with Crippen molar-refractivity contribution in [3.05, 3.63) is 71.8 Å². The summed E-state index contributed by atoms with van der Waals surface area (Å²) in [5.41, 5.74) is 0.829. The molecule has 5 nitrogen and oxygen atoms in total. The first-order chi connectivity index (χ1) is 12.1. The summed E-state index contributed by atoms with van der Waals surface area (Å²) in [6.45, 7) is 0.224. The molecule has 1 fully saturated rings. The van der Waals surface area contributed by atoms with Crippen LogP contribution in [-0.4, -0.2) is 42.5 Å². The van der Waals surface area contributed by atoms with Crippen LogP contribution < -0.4 is 0 Å². The Morgan fingerprint density at radius 3 is 2.04 bits per heavy atom. The van der Waals surface area contributed by atoms with Gasteiger partial charge in [0.1, 0.15) is 12.8 Å². The third-order valence-corrected chi connectivity index (χ3v) is 3.46. The Bertz CT molecular complexity index is 675. The van der Waals surface area contributed by atoms with E-state index >= 15 is 0 Å². The Morgan fingerprint density at radius 1 is 1.04 bits per heavy atom. The Labute approximate surface area is 145 Å². The van der Waals surface area contributed by atoms with Crippen LogP contribution in [0.2, 0.25) is 0 Å². The Balaban J connectivity index is 0.000000212. The molecule has 2 atom stereocenters. The van der Waals surface area contributed by atoms with Crippen molar-refractivity contribution in [2.75, 3.05) is 13.2 Å². The van der Waals surface area contributed by atoms with Crippen LogP contribution >= 0.6 is 0 Å². The molecule has 2 aromatic carbocycles. The summed E-state index contributed by atoms with van der Waals surface area (Å²) >= 11 is 0. The van der Waals surface area contributed by atoms with E-state index in [4.69, 9.17) is 14.6 Å². The van der Waals surface area contributed by atoms with E-state index in [1.807, 2.05) is 6.07 Å². The molecule has 1 heterocycles. The van der Waals surface area contributed by atoms with Crippen LogP contribution in [0.1, 0.15) is 27.1 Å². The van der Waals surface area contributed by atoms with E-state index in [9.17, 15) is 14.0 Å². The van der Waals surface area contributed by atoms with Gasteiger partial charge >= 0.3 is 11.9 Å². The predicted octanol–water partition coefficient (Wildman–Crippen LogP) is 3.36. The van der Waals surface area contributed by atoms with Crippen molar-refractivity contribution in [1.82, 2.24) is 0 Å². The number of carbonyl (C=O) groups is 2. The van der Waals surface area contributed by atoms with Gasteiger partial charge < -0.3 is 14.6 Å². The zero-order chi connectivity index (χ0) is 18.1. The summed E-state index contributed by atoms with van der Waals surface area (Å²) in [5.74, 6) is -1.28. The van der Waals surface area contributed by atoms with Gasteiger partial charge in [0.25, 0.3) is 0 Å². The number of alkyl halides is 1. The maximum Gasteiger partial charge on any atom is 0.338 e. The third kappa shape index (κ3) is 6.35. The largest absolute Gasteiger partial charge is 0.478 e. The van der Waals surface area contributed by atoms with Crippen LogP contribution in [0, 0.1) is 0 Å². The van der Waals surface area contributed by atoms with Crippen molar-refractivity contribution >= 4 is 11.9 Å². The second kappa shape index (κ2) is 9.54. The van der Waals surface area contributed by atoms with Gasteiger partial charge in [0.2, 0.25) is 0 Å². The number of benzene rings is 2. The van der Waals surface area contributed by atoms with Crippen LogP contribution in [0.25, 0.3) is 0 Å². The number of carbonyl (C=O) groups excluding carboxylic acids is 1. The van der Waals surface area contributed by atoms with Crippen LogP contribution in [-0.2, 0) is 9.47 Å². The van der Waals surface area contributed by atoms with Gasteiger partial charge in [-0.15, -0.1) is 0 Å². The van der Waals surface area contributed by atoms with E-state index in [0.717, 1.165) is 0 Å². The molecule has 0 amide bonds. The number of esters is 1. The fraction of sp³-hybridized carbons (Fsp3) is 0.263. The highest BCUT2D eigenvalue weighted by atomic mass is 19.1. The smallest absolute Gasteiger partial charge is 0.338 e. The number of halogens is 1. The number of rotatable bonds is 4. The van der Waals surface area contributed by atoms with E-state index in [1.165, 1.54) is 0 Å². The zero-order valence-corrected chi connectivity index (χ0v) is 13.5. The van der Waals surface area contributed by atoms with Crippen LogP contribution in [0.3, 0.4) is 0 Å². The molecular weight excluding hydrogens is 327 g/mol. The minimum atomic E-state index is -0.930. The quantitative estimate of drug-likeness (QED) is 0.860. The summed E-state index contributed by atoms with van der Waals surface area (Å²) in [7, 11) is 0. The molecule has 2 aromatic rings. The molecule has 3 rings (SSSR count). The molecular formula is C19H19FO5. The molecule has 1 N–H and O–H groups in total. The summed E-state index contributed by atoms with van der Waals surface area (Å²) < 4.78 is 22.9. The molecule has 0 radical (unpaired) electrons. The number of carboxylic acid groups (broad SMARTS) is 1. The predicted molar refractivity (Wildman–Crippen MR) is 89.4 cm³/mol. The summed E-state index contributed by atoms with van der Waals surface area (Å²) in [6, 6.07) is 17.0. The molecule has 0 spiro atoms. The topological polar surface area (TPSA) is 72.8 Å². The van der Waals surface area contributed by atoms with Gasteiger partial charge in [-0.3, -0.25) is 0 Å². The number of carboxylic acids is 1. The highest BCUT2D eigenvalue weighted by molar-refractivity contribution is 5.89. The van der Waals surface area contributed by atoms with E-state index < -0.39 is 18.1 Å². The molecule has 1 saturated heterocycles. The maximum absolute atomic E-state index is 12.8. The molecule has 0 saturated carbocycles. The summed E-state index contributed by atoms with van der Waals surface area (Å²) in [6.07, 6.45) is -0.926. The summed E-state index contributed by atoms with van der Waals surface area (Å²) in [5, 5.41) is 8.38. The lowest BCUT2D eigenvalue weighted by atomic mass is 10.2. The van der Waals surface area contributed by atoms with Crippen molar-refractivity contribution in [3.8, 4) is 0 Å². The molecule has 6 heteroatoms. The normalized spacial score (nSPS) is 18.8. The summed E-state index contributed by atoms with van der Waals surface area (Å²) in [4.78, 5) is 21.7. The fourth-order valence-electron chi connectivity index (χ4n) is 2.18. The van der Waals surface area contributed by atoms with Gasteiger partial charge in [-0.25, -0.2) is 14.0 Å². The van der Waals surface area contributed by atoms with Crippen LogP contribution in [0.5, 0.6) is 0 Å². The Hall–Kier alpha value is -2.73. The standard InChI is InChI=1S/C12H13FO3.C7H6O2/c13-10-6-11(15-7-10)8-16-12(14)9-4-2-1-3-5-9;8-7(9)6-4-2-1-3-5-6/h1-5,10-11H,6-8H2;1-5H,(H,8,9). The second-order valence-electron chi connectivity index (χ2n) is 5.42. The Kier molecular flexibility index (Phi) is 7.10. The van der Waals surface area contributed by atoms with Crippen molar-refractivity contribution in [3.63, 3.8) is 0 Å². The minimum Gasteiger partial charge on any atom is -0.478 e. The Morgan fingerprint density at radius 2 is 1.60 bits per heavy atom. The lowest BCUT2D eigenvalue weighted by Gasteiger charge is -2.09. The van der Waals surface area contributed by atoms with Gasteiger partial charge in [0, 0.05) is 6.42 Å². The average Bonchev–Trinajstić information content (AvgIpc) is 3.07. The van der Waals surface area contributed by atoms with E-state index in [-0.39, 0.29) is 19.3 Å². The van der Waals surface area contributed by atoms with Crippen LogP contribution in [0.4, 0.5) is 4.39 Å². The van der Waals surface area contributed by atoms with Gasteiger partial charge in [-0.2, -0.15) is 0 Å². The SMILES string of the molecule is O=C(O)c1ccccc1.O=C(OCC1CC(F)CO1)c1ccccc1. The van der Waals surface area contributed by atoms with Gasteiger partial charge in [-0.05, 0) is 24.3 Å². The van der Waals surface area contributed by atoms with Gasteiger partial charge in [-0.1, -0.05) is 36.4 Å². The van der Waals surface area contributed by atoms with Crippen molar-refractivity contribution < 1.29 is 28.6 Å². The molecule has 132 valence electrons. The fourth-order valence-corrected chi connectivity index (χ4v) is 2.18. The second-order valence-corrected chi connectivity index (χ2v) is 5.42. The zero-order valence-electron chi connectivity index (χ0n) is 13.5. The minimum absolute atomic E-state index is 0.105. The molecule has 0 bridgehead atoms. The molecule has 0 aliphatic carbocycles. The molecule has 2 unspecified atom stereocenters. The first kappa shape index (κ1) is 18.6. The lowest BCUT2D eigenvalue weighted by Crippen LogP contribution is -2.18. The van der Waals surface area contributed by atoms with Crippen molar-refractivity contribution in [2.45, 2.75) is 18.7 Å². The van der Waals surface area contributed by atoms with E-state index in [0.29, 0.717) is 17.5 Å². The highest BCUT2D eigenvalue weighted by Crippen LogP contribution is 2.16. The third-order valence-electron chi connectivity index (χ3n) is 3.46. The van der Waals surface area contributed by atoms with Gasteiger partial charge in [0.05, 0.1) is 23.8 Å². The van der Waals surface area contributed by atoms with Crippen molar-refractivity contribution in [2.24, 2.45) is 0 Å². The van der Waals surface area contributed by atoms with Gasteiger partial charge in [0.15, 0.2) is 0 Å². The van der Waals surface area contributed by atoms with Crippen LogP contribution in [0.15, 0.2) is 60.7 Å². The lowest BCUT2D eigenvalue weighted by molar-refractivity contribution is 0.0155. The first-order valence-electron chi connectivity index (χ1n) is 7.82. The van der Waals surface area contributed by atoms with E-state index in [1.54, 1.807) is 54.6 Å². The highest BCUT2D eigenvalue weighted by Gasteiger charge is 2.26. The molecule has 0 aromatic heterocycles. The number of aromatic carboxylic acids is 1. The molecule has 25 heavy (non-hydrogen) atoms. The number of hydrogen-bond acceptors (Lipinski definition) is 4. The van der Waals surface area contributed by atoms with Crippen molar-refractivity contribution in [1.29, 1.82) is 0 Å². The van der Waals surface area contributed by atoms with E-state index in [2.05, 4.69) is 0 Å². The average molecular weight is 346 g/mol. The number of ether oxygens (including phenoxy) is 2. The monoisotopic (exact) mass is 346 g/mol. The molecule has 1 aliphatic rings. The number of hydrogen-bond donors (Lipinski definition) is 1. The maximum atomic E-state index is 12.8.